The number of thiophene rings is 2. The quantitative estimate of drug-likeness (QED) is 0.739. The summed E-state index contributed by atoms with van der Waals surface area (Å²) in [6.07, 6.45) is 0. The Labute approximate surface area is 137 Å². The summed E-state index contributed by atoms with van der Waals surface area (Å²) in [4.78, 5) is 13.3. The van der Waals surface area contributed by atoms with Gasteiger partial charge in [-0.1, -0.05) is 24.3 Å². The Hall–Kier alpha value is -2.11. The van der Waals surface area contributed by atoms with E-state index in [9.17, 15) is 4.79 Å². The summed E-state index contributed by atoms with van der Waals surface area (Å²) in [5, 5.41) is 9.14. The van der Waals surface area contributed by atoms with E-state index in [1.807, 2.05) is 59.3 Å². The van der Waals surface area contributed by atoms with Crippen molar-refractivity contribution in [1.82, 2.24) is 5.32 Å². The molecule has 0 fully saturated rings. The first kappa shape index (κ1) is 14.8. The highest BCUT2D eigenvalue weighted by Gasteiger charge is 2.18. The molecule has 0 radical (unpaired) electrons. The van der Waals surface area contributed by atoms with Crippen LogP contribution >= 0.6 is 22.7 Å². The van der Waals surface area contributed by atoms with Gasteiger partial charge in [-0.2, -0.15) is 11.3 Å². The van der Waals surface area contributed by atoms with Crippen LogP contribution in [0.3, 0.4) is 0 Å². The second kappa shape index (κ2) is 7.24. The Morgan fingerprint density at radius 3 is 2.64 bits per heavy atom. The van der Waals surface area contributed by atoms with E-state index in [2.05, 4.69) is 10.7 Å². The lowest BCUT2D eigenvalue weighted by Crippen LogP contribution is -2.32. The lowest BCUT2D eigenvalue weighted by atomic mass is 10.1. The van der Waals surface area contributed by atoms with Gasteiger partial charge in [-0.15, -0.1) is 11.3 Å². The highest BCUT2D eigenvalue weighted by Crippen LogP contribution is 2.27. The fraction of sp³-hybridized carbons (Fsp3) is 0.118. The van der Waals surface area contributed by atoms with Crippen LogP contribution in [0.4, 0.5) is 0 Å². The standard InChI is InChI=1S/C17H15NO2S2/c19-16(11-20-14-5-2-1-3-6-14)18-17(13-8-10-21-12-13)15-7-4-9-22-15/h1-10,12,17H,11H2,(H,18,19). The Morgan fingerprint density at radius 1 is 1.09 bits per heavy atom. The van der Waals surface area contributed by atoms with Gasteiger partial charge in [0, 0.05) is 4.88 Å². The zero-order valence-corrected chi connectivity index (χ0v) is 13.4. The molecule has 22 heavy (non-hydrogen) atoms. The summed E-state index contributed by atoms with van der Waals surface area (Å²) in [6.45, 7) is 0.00995. The van der Waals surface area contributed by atoms with Crippen LogP contribution < -0.4 is 10.1 Å². The smallest absolute Gasteiger partial charge is 0.258 e. The number of para-hydroxylation sites is 1. The number of carbonyl (C=O) groups is 1. The SMILES string of the molecule is O=C(COc1ccccc1)NC(c1ccsc1)c1cccs1. The van der Waals surface area contributed by atoms with Crippen LogP contribution in [0, 0.1) is 0 Å². The van der Waals surface area contributed by atoms with Gasteiger partial charge in [-0.25, -0.2) is 0 Å². The molecule has 1 N–H and O–H groups in total. The summed E-state index contributed by atoms with van der Waals surface area (Å²) >= 11 is 3.26. The molecule has 2 heterocycles. The molecule has 1 aromatic carbocycles. The molecule has 1 atom stereocenters. The van der Waals surface area contributed by atoms with Crippen molar-refractivity contribution >= 4 is 28.6 Å². The summed E-state index contributed by atoms with van der Waals surface area (Å²) in [6, 6.07) is 15.3. The number of ether oxygens (including phenoxy) is 1. The summed E-state index contributed by atoms with van der Waals surface area (Å²) in [5.41, 5.74) is 1.10. The van der Waals surface area contributed by atoms with Crippen molar-refractivity contribution in [2.24, 2.45) is 0 Å². The van der Waals surface area contributed by atoms with E-state index in [-0.39, 0.29) is 18.6 Å². The molecule has 0 aliphatic rings. The number of hydrogen-bond donors (Lipinski definition) is 1. The molecule has 3 aromatic rings. The molecular formula is C17H15NO2S2. The van der Waals surface area contributed by atoms with Gasteiger partial charge in [-0.05, 0) is 46.0 Å². The summed E-state index contributed by atoms with van der Waals surface area (Å²) in [7, 11) is 0. The normalized spacial score (nSPS) is 11.8. The monoisotopic (exact) mass is 329 g/mol. The van der Waals surface area contributed by atoms with Crippen LogP contribution in [0.5, 0.6) is 5.75 Å². The van der Waals surface area contributed by atoms with Crippen molar-refractivity contribution in [1.29, 1.82) is 0 Å². The number of amides is 1. The fourth-order valence-electron chi connectivity index (χ4n) is 2.08. The molecule has 112 valence electrons. The van der Waals surface area contributed by atoms with Crippen molar-refractivity contribution in [2.45, 2.75) is 6.04 Å². The largest absolute Gasteiger partial charge is 0.484 e. The van der Waals surface area contributed by atoms with Crippen LogP contribution in [0.15, 0.2) is 64.7 Å². The van der Waals surface area contributed by atoms with Gasteiger partial charge < -0.3 is 10.1 Å². The average molecular weight is 329 g/mol. The fourth-order valence-corrected chi connectivity index (χ4v) is 3.57. The average Bonchev–Trinajstić information content (AvgIpc) is 3.25. The highest BCUT2D eigenvalue weighted by molar-refractivity contribution is 7.10. The van der Waals surface area contributed by atoms with E-state index in [1.165, 1.54) is 0 Å². The van der Waals surface area contributed by atoms with E-state index in [0.29, 0.717) is 5.75 Å². The molecule has 1 unspecified atom stereocenters. The van der Waals surface area contributed by atoms with Crippen molar-refractivity contribution in [3.05, 3.63) is 75.1 Å². The first-order valence-electron chi connectivity index (χ1n) is 6.85. The van der Waals surface area contributed by atoms with E-state index in [4.69, 9.17) is 4.74 Å². The van der Waals surface area contributed by atoms with Crippen LogP contribution in [-0.2, 0) is 4.79 Å². The van der Waals surface area contributed by atoms with Crippen molar-refractivity contribution < 1.29 is 9.53 Å². The molecule has 0 aliphatic heterocycles. The minimum atomic E-state index is -0.131. The first-order chi connectivity index (χ1) is 10.8. The molecule has 2 aromatic heterocycles. The minimum Gasteiger partial charge on any atom is -0.484 e. The van der Waals surface area contributed by atoms with Crippen molar-refractivity contribution in [3.63, 3.8) is 0 Å². The lowest BCUT2D eigenvalue weighted by Gasteiger charge is -2.17. The van der Waals surface area contributed by atoms with E-state index < -0.39 is 0 Å². The van der Waals surface area contributed by atoms with Gasteiger partial charge in [-0.3, -0.25) is 4.79 Å². The maximum absolute atomic E-state index is 12.2. The van der Waals surface area contributed by atoms with Gasteiger partial charge in [0.2, 0.25) is 0 Å². The Morgan fingerprint density at radius 2 is 1.95 bits per heavy atom. The second-order valence-corrected chi connectivity index (χ2v) is 6.43. The first-order valence-corrected chi connectivity index (χ1v) is 8.68. The molecule has 0 saturated heterocycles. The minimum absolute atomic E-state index is 0.00995. The van der Waals surface area contributed by atoms with Gasteiger partial charge in [0.25, 0.3) is 5.91 Å². The number of benzene rings is 1. The number of rotatable bonds is 6. The summed E-state index contributed by atoms with van der Waals surface area (Å²) < 4.78 is 5.50. The molecule has 0 aliphatic carbocycles. The molecule has 3 nitrogen and oxygen atoms in total. The van der Waals surface area contributed by atoms with Crippen molar-refractivity contribution in [3.8, 4) is 5.75 Å². The molecule has 1 amide bonds. The van der Waals surface area contributed by atoms with Crippen LogP contribution in [0.25, 0.3) is 0 Å². The Bertz CT molecular complexity index is 659. The van der Waals surface area contributed by atoms with Crippen LogP contribution in [0.2, 0.25) is 0 Å². The molecule has 3 rings (SSSR count). The number of hydrogen-bond acceptors (Lipinski definition) is 4. The van der Waals surface area contributed by atoms with Crippen molar-refractivity contribution in [2.75, 3.05) is 6.61 Å². The molecule has 0 bridgehead atoms. The van der Waals surface area contributed by atoms with Gasteiger partial charge in [0.1, 0.15) is 5.75 Å². The highest BCUT2D eigenvalue weighted by atomic mass is 32.1. The maximum atomic E-state index is 12.2. The molecule has 0 spiro atoms. The second-order valence-electron chi connectivity index (χ2n) is 4.67. The zero-order chi connectivity index (χ0) is 15.2. The van der Waals surface area contributed by atoms with Gasteiger partial charge >= 0.3 is 0 Å². The van der Waals surface area contributed by atoms with Gasteiger partial charge in [0.05, 0.1) is 6.04 Å². The third-order valence-corrected chi connectivity index (χ3v) is 4.76. The van der Waals surface area contributed by atoms with Crippen LogP contribution in [0.1, 0.15) is 16.5 Å². The number of carbonyl (C=O) groups excluding carboxylic acids is 1. The molecule has 0 saturated carbocycles. The summed E-state index contributed by atoms with van der Waals surface area (Å²) in [5.74, 6) is 0.564. The third-order valence-electron chi connectivity index (χ3n) is 3.12. The van der Waals surface area contributed by atoms with E-state index in [1.54, 1.807) is 22.7 Å². The Kier molecular flexibility index (Phi) is 4.88. The lowest BCUT2D eigenvalue weighted by molar-refractivity contribution is -0.123. The predicted molar refractivity (Wildman–Crippen MR) is 90.6 cm³/mol. The predicted octanol–water partition coefficient (Wildman–Crippen LogP) is 4.09. The topological polar surface area (TPSA) is 38.3 Å². The number of nitrogens with one attached hydrogen (secondary N) is 1. The van der Waals surface area contributed by atoms with Gasteiger partial charge in [0.15, 0.2) is 6.61 Å². The molecular weight excluding hydrogens is 314 g/mol. The molecule has 5 heteroatoms. The zero-order valence-electron chi connectivity index (χ0n) is 11.8. The Balaban J connectivity index is 1.65. The van der Waals surface area contributed by atoms with Crippen LogP contribution in [-0.4, -0.2) is 12.5 Å². The van der Waals surface area contributed by atoms with E-state index in [0.717, 1.165) is 10.4 Å². The maximum Gasteiger partial charge on any atom is 0.258 e. The van der Waals surface area contributed by atoms with E-state index >= 15 is 0 Å². The third kappa shape index (κ3) is 3.75.